The number of carbonyl (C=O) groups excluding carboxylic acids is 1. The summed E-state index contributed by atoms with van der Waals surface area (Å²) in [5, 5.41) is 15.8. The molecule has 1 saturated heterocycles. The molecule has 0 radical (unpaired) electrons. The first-order valence-electron chi connectivity index (χ1n) is 15.2. The highest BCUT2D eigenvalue weighted by atomic mass is 35.5. The first-order valence-corrected chi connectivity index (χ1v) is 17.3. The summed E-state index contributed by atoms with van der Waals surface area (Å²) in [7, 11) is -1.13. The fourth-order valence-electron chi connectivity index (χ4n) is 5.82. The molecule has 4 N–H and O–H groups in total. The lowest BCUT2D eigenvalue weighted by Crippen LogP contribution is -2.38. The third kappa shape index (κ3) is 5.76. The zero-order chi connectivity index (χ0) is 34.8. The van der Waals surface area contributed by atoms with Crippen molar-refractivity contribution in [3.8, 4) is 5.75 Å². The number of alkyl halides is 2. The lowest BCUT2D eigenvalue weighted by atomic mass is 9.99. The first-order chi connectivity index (χ1) is 22.5. The van der Waals surface area contributed by atoms with Crippen molar-refractivity contribution in [1.82, 2.24) is 24.6 Å². The van der Waals surface area contributed by atoms with E-state index < -0.39 is 55.3 Å². The number of aliphatic hydroxyl groups is 1. The number of ether oxygens (including phenoxy) is 2. The molecule has 6 rings (SSSR count). The lowest BCUT2D eigenvalue weighted by molar-refractivity contribution is -0.148. The van der Waals surface area contributed by atoms with Gasteiger partial charge in [0.15, 0.2) is 35.0 Å². The minimum Gasteiger partial charge on any atom is -0.464 e. The highest BCUT2D eigenvalue weighted by Crippen LogP contribution is 2.69. The van der Waals surface area contributed by atoms with Crippen LogP contribution in [0.3, 0.4) is 0 Å². The predicted molar refractivity (Wildman–Crippen MR) is 178 cm³/mol. The van der Waals surface area contributed by atoms with Gasteiger partial charge in [-0.2, -0.15) is 15.1 Å². The number of benzene rings is 2. The molecule has 3 heterocycles. The Hall–Kier alpha value is -3.59. The van der Waals surface area contributed by atoms with E-state index in [0.717, 1.165) is 5.39 Å². The van der Waals surface area contributed by atoms with Gasteiger partial charge in [-0.15, -0.1) is 11.6 Å². The summed E-state index contributed by atoms with van der Waals surface area (Å²) < 4.78 is 55.9. The van der Waals surface area contributed by atoms with E-state index in [9.17, 15) is 14.5 Å². The number of anilines is 2. The number of nitrogens with two attached hydrogens (primary N) is 1. The van der Waals surface area contributed by atoms with E-state index >= 15 is 4.39 Å². The van der Waals surface area contributed by atoms with Crippen LogP contribution in [0.2, 0.25) is 0 Å². The van der Waals surface area contributed by atoms with Gasteiger partial charge in [-0.05, 0) is 23.8 Å². The van der Waals surface area contributed by atoms with Crippen molar-refractivity contribution >= 4 is 59.0 Å². The number of carbonyl (C=O) groups is 1. The number of hydrogen-bond acceptors (Lipinski definition) is 12. The minimum absolute atomic E-state index is 0.0776. The molecule has 4 aromatic rings. The van der Waals surface area contributed by atoms with E-state index in [1.807, 2.05) is 39.0 Å². The Morgan fingerprint density at radius 3 is 2.62 bits per heavy atom. The third-order valence-electron chi connectivity index (χ3n) is 8.30. The molecule has 2 aliphatic rings. The number of nitrogen functional groups attached to an aromatic ring is 1. The number of imidazole rings is 1. The fraction of sp³-hybridized carbons (Fsp3) is 0.484. The van der Waals surface area contributed by atoms with Crippen LogP contribution < -0.4 is 20.2 Å². The molecular weight excluding hydrogens is 668 g/mol. The maximum atomic E-state index is 16.5. The van der Waals surface area contributed by atoms with Crippen LogP contribution in [0.15, 0.2) is 48.8 Å². The summed E-state index contributed by atoms with van der Waals surface area (Å²) in [6.07, 6.45) is -3.90. The molecule has 2 fully saturated rings. The maximum absolute atomic E-state index is 16.5. The SMILES string of the molecule is C[C@@H](NP(=O)(Oc1cccc2ccccc12)O[C@H]1[C@]2(O)[C@H](F)[C@H](n3cnc4c(N(C)C)nc(N)nc43)O[C@]12CCl)C(=O)OCC(C)(C)C. The van der Waals surface area contributed by atoms with Gasteiger partial charge in [-0.3, -0.25) is 13.9 Å². The molecule has 0 amide bonds. The molecule has 1 unspecified atom stereocenters. The Labute approximate surface area is 281 Å². The van der Waals surface area contributed by atoms with Gasteiger partial charge in [0, 0.05) is 19.5 Å². The summed E-state index contributed by atoms with van der Waals surface area (Å²) in [5.41, 5.74) is 1.85. The second-order valence-electron chi connectivity index (χ2n) is 13.5. The molecule has 1 aliphatic heterocycles. The Morgan fingerprint density at radius 2 is 1.96 bits per heavy atom. The van der Waals surface area contributed by atoms with Crippen LogP contribution >= 0.6 is 19.3 Å². The van der Waals surface area contributed by atoms with Gasteiger partial charge in [0.2, 0.25) is 5.95 Å². The zero-order valence-corrected chi connectivity index (χ0v) is 28.9. The molecule has 2 aromatic carbocycles. The average molecular weight is 706 g/mol. The van der Waals surface area contributed by atoms with Crippen molar-refractivity contribution in [3.05, 3.63) is 48.8 Å². The van der Waals surface area contributed by atoms with E-state index in [1.54, 1.807) is 43.3 Å². The van der Waals surface area contributed by atoms with Crippen LogP contribution in [0.4, 0.5) is 16.2 Å². The van der Waals surface area contributed by atoms with Crippen molar-refractivity contribution in [3.63, 3.8) is 0 Å². The van der Waals surface area contributed by atoms with E-state index in [0.29, 0.717) is 16.7 Å². The lowest BCUT2D eigenvalue weighted by Gasteiger charge is -2.28. The largest absolute Gasteiger partial charge is 0.464 e. The molecule has 1 saturated carbocycles. The molecule has 0 spiro atoms. The Morgan fingerprint density at radius 1 is 1.25 bits per heavy atom. The first kappa shape index (κ1) is 34.3. The normalized spacial score (nSPS) is 27.0. The number of nitrogens with one attached hydrogen (secondary N) is 1. The number of rotatable bonds is 11. The quantitative estimate of drug-likeness (QED) is 0.114. The predicted octanol–water partition coefficient (Wildman–Crippen LogP) is 4.36. The summed E-state index contributed by atoms with van der Waals surface area (Å²) in [6.45, 7) is 7.20. The number of hydrogen-bond donors (Lipinski definition) is 3. The monoisotopic (exact) mass is 705 g/mol. The topological polar surface area (TPSA) is 176 Å². The molecule has 17 heteroatoms. The van der Waals surface area contributed by atoms with Crippen LogP contribution in [0.25, 0.3) is 21.9 Å². The highest BCUT2D eigenvalue weighted by Gasteiger charge is 2.90. The van der Waals surface area contributed by atoms with E-state index in [2.05, 4.69) is 20.0 Å². The molecule has 14 nitrogen and oxygen atoms in total. The zero-order valence-electron chi connectivity index (χ0n) is 27.3. The molecular formula is C31H38ClFN7O7P. The smallest absolute Gasteiger partial charge is 0.459 e. The van der Waals surface area contributed by atoms with Crippen molar-refractivity contribution in [2.24, 2.45) is 5.41 Å². The molecule has 0 bridgehead atoms. The Balaban J connectivity index is 1.31. The van der Waals surface area contributed by atoms with Gasteiger partial charge in [0.05, 0.1) is 18.8 Å². The van der Waals surface area contributed by atoms with Gasteiger partial charge < -0.3 is 29.7 Å². The number of fused-ring (bicyclic) bond motifs is 3. The highest BCUT2D eigenvalue weighted by molar-refractivity contribution is 7.52. The molecule has 1 aliphatic carbocycles. The van der Waals surface area contributed by atoms with Crippen LogP contribution in [-0.2, 0) is 23.4 Å². The van der Waals surface area contributed by atoms with Gasteiger partial charge in [-0.1, -0.05) is 57.2 Å². The Kier molecular flexibility index (Phi) is 8.62. The molecule has 7 atom stereocenters. The fourth-order valence-corrected chi connectivity index (χ4v) is 8.00. The molecule has 48 heavy (non-hydrogen) atoms. The van der Waals surface area contributed by atoms with Gasteiger partial charge in [-0.25, -0.2) is 13.9 Å². The average Bonchev–Trinajstić information content (AvgIpc) is 3.25. The van der Waals surface area contributed by atoms with Crippen molar-refractivity contribution in [2.75, 3.05) is 37.2 Å². The number of halogens is 2. The van der Waals surface area contributed by atoms with Crippen molar-refractivity contribution in [1.29, 1.82) is 0 Å². The van der Waals surface area contributed by atoms with E-state index in [4.69, 9.17) is 35.9 Å². The van der Waals surface area contributed by atoms with Gasteiger partial charge in [0.1, 0.15) is 23.5 Å². The number of nitrogens with zero attached hydrogens (tertiary/aromatic N) is 5. The van der Waals surface area contributed by atoms with E-state index in [-0.39, 0.29) is 29.4 Å². The second kappa shape index (κ2) is 12.1. The second-order valence-corrected chi connectivity index (χ2v) is 15.4. The molecule has 258 valence electrons. The van der Waals surface area contributed by atoms with Crippen LogP contribution in [0.5, 0.6) is 5.75 Å². The van der Waals surface area contributed by atoms with Crippen molar-refractivity contribution < 1.29 is 37.4 Å². The maximum Gasteiger partial charge on any atom is 0.459 e. The summed E-state index contributed by atoms with van der Waals surface area (Å²) in [4.78, 5) is 27.4. The van der Waals surface area contributed by atoms with Crippen molar-refractivity contribution in [2.45, 2.75) is 63.4 Å². The summed E-state index contributed by atoms with van der Waals surface area (Å²) in [5.74, 6) is -0.691. The van der Waals surface area contributed by atoms with Crippen LogP contribution in [-0.4, -0.2) is 86.7 Å². The third-order valence-corrected chi connectivity index (χ3v) is 10.3. The Bertz CT molecular complexity index is 1920. The van der Waals surface area contributed by atoms with Crippen LogP contribution in [0, 0.1) is 5.41 Å². The standard InChI is InChI=1S/C31H38ClFN7O7P/c1-17(26(41)44-15-29(2,3)4)38-48(43,46-20-13-9-11-18-10-7-8-12-19(18)20)47-27-30(14-32)31(27,42)22(33)25(45-30)40-16-35-21-23(39(5)6)36-28(34)37-24(21)40/h7-13,16-17,22,25,27,42H,14-15H2,1-6H3,(H,38,43)(H2,34,36,37)/t17-,22-,25-,27-,30-,31-,48?/m1/s1. The van der Waals surface area contributed by atoms with Gasteiger partial charge in [0.25, 0.3) is 0 Å². The summed E-state index contributed by atoms with van der Waals surface area (Å²) in [6, 6.07) is 11.1. The molecule has 2 aromatic heterocycles. The van der Waals surface area contributed by atoms with Crippen LogP contribution in [0.1, 0.15) is 33.9 Å². The van der Waals surface area contributed by atoms with Gasteiger partial charge >= 0.3 is 13.7 Å². The number of esters is 1. The minimum atomic E-state index is -4.61. The number of aromatic nitrogens is 4. The van der Waals surface area contributed by atoms with E-state index in [1.165, 1.54) is 17.8 Å². The summed E-state index contributed by atoms with van der Waals surface area (Å²) >= 11 is 6.35.